The van der Waals surface area contributed by atoms with Crippen molar-refractivity contribution in [2.45, 2.75) is 45.7 Å². The minimum absolute atomic E-state index is 0.00809. The number of primary amides is 1. The number of hydrogen-bond donors (Lipinski definition) is 1. The van der Waals surface area contributed by atoms with Gasteiger partial charge in [-0.05, 0) is 54.3 Å². The molecule has 7 heteroatoms. The summed E-state index contributed by atoms with van der Waals surface area (Å²) in [5, 5.41) is 12.5. The van der Waals surface area contributed by atoms with Crippen LogP contribution < -0.4 is 5.73 Å². The molecule has 0 spiro atoms. The third kappa shape index (κ3) is 4.46. The highest BCUT2D eigenvalue weighted by molar-refractivity contribution is 5.76. The highest BCUT2D eigenvalue weighted by Crippen LogP contribution is 2.30. The summed E-state index contributed by atoms with van der Waals surface area (Å²) in [5.41, 5.74) is 6.66. The van der Waals surface area contributed by atoms with Crippen molar-refractivity contribution < 1.29 is 4.79 Å². The summed E-state index contributed by atoms with van der Waals surface area (Å²) in [6, 6.07) is 10.4. The summed E-state index contributed by atoms with van der Waals surface area (Å²) >= 11 is 0. The maximum atomic E-state index is 11.5. The number of benzene rings is 1. The molecular weight excluding hydrogens is 328 g/mol. The van der Waals surface area contributed by atoms with Crippen LogP contribution in [0.3, 0.4) is 0 Å². The average Bonchev–Trinajstić information content (AvgIpc) is 3.08. The number of piperidine rings is 1. The first-order chi connectivity index (χ1) is 12.5. The van der Waals surface area contributed by atoms with Crippen LogP contribution in [0.25, 0.3) is 0 Å². The normalized spacial score (nSPS) is 17.5. The highest BCUT2D eigenvalue weighted by atomic mass is 16.1. The van der Waals surface area contributed by atoms with Crippen LogP contribution in [0.2, 0.25) is 0 Å². The molecule has 1 aliphatic rings. The van der Waals surface area contributed by atoms with E-state index < -0.39 is 0 Å². The molecule has 3 rings (SSSR count). The number of nitrogens with two attached hydrogens (primary N) is 1. The lowest BCUT2D eigenvalue weighted by molar-refractivity contribution is -0.123. The Morgan fingerprint density at radius 2 is 1.92 bits per heavy atom. The Bertz CT molecular complexity index is 706. The van der Waals surface area contributed by atoms with Crippen molar-refractivity contribution in [1.29, 1.82) is 0 Å². The zero-order valence-corrected chi connectivity index (χ0v) is 15.6. The van der Waals surface area contributed by atoms with E-state index in [2.05, 4.69) is 46.4 Å². The van der Waals surface area contributed by atoms with Crippen LogP contribution in [0.1, 0.15) is 50.5 Å². The van der Waals surface area contributed by atoms with Crippen LogP contribution in [0.5, 0.6) is 0 Å². The molecular formula is C19H28N6O. The predicted octanol–water partition coefficient (Wildman–Crippen LogP) is 2.01. The van der Waals surface area contributed by atoms with Crippen molar-refractivity contribution in [3.8, 4) is 0 Å². The molecule has 0 bridgehead atoms. The standard InChI is InChI=1S/C19H28N6O/c1-14(2)12-17(24-10-8-16(9-11-24)18(20)26)19-21-22-23-25(19)13-15-6-4-3-5-7-15/h3-7,14,16-17H,8-13H2,1-2H3,(H2,20,26)/t17-/m0/s1. The summed E-state index contributed by atoms with van der Waals surface area (Å²) < 4.78 is 1.91. The number of amides is 1. The molecule has 26 heavy (non-hydrogen) atoms. The van der Waals surface area contributed by atoms with E-state index in [4.69, 9.17) is 5.73 Å². The SMILES string of the molecule is CC(C)C[C@@H](c1nnnn1Cc1ccccc1)N1CCC(C(N)=O)CC1. The number of carbonyl (C=O) groups excluding carboxylic acids is 1. The van der Waals surface area contributed by atoms with Gasteiger partial charge in [0.1, 0.15) is 0 Å². The van der Waals surface area contributed by atoms with Gasteiger partial charge in [0.25, 0.3) is 0 Å². The van der Waals surface area contributed by atoms with Gasteiger partial charge in [-0.15, -0.1) is 5.10 Å². The monoisotopic (exact) mass is 356 g/mol. The van der Waals surface area contributed by atoms with Gasteiger partial charge in [-0.3, -0.25) is 9.69 Å². The van der Waals surface area contributed by atoms with E-state index in [1.54, 1.807) is 0 Å². The molecule has 1 atom stereocenters. The van der Waals surface area contributed by atoms with Crippen molar-refractivity contribution in [3.05, 3.63) is 41.7 Å². The molecule has 1 amide bonds. The number of likely N-dealkylation sites (tertiary alicyclic amines) is 1. The largest absolute Gasteiger partial charge is 0.369 e. The lowest BCUT2D eigenvalue weighted by Gasteiger charge is -2.36. The molecule has 2 N–H and O–H groups in total. The Morgan fingerprint density at radius 3 is 2.54 bits per heavy atom. The number of aromatic nitrogens is 4. The van der Waals surface area contributed by atoms with Gasteiger partial charge in [-0.25, -0.2) is 4.68 Å². The lowest BCUT2D eigenvalue weighted by atomic mass is 9.93. The second-order valence-corrected chi connectivity index (χ2v) is 7.54. The number of carbonyl (C=O) groups is 1. The smallest absolute Gasteiger partial charge is 0.220 e. The van der Waals surface area contributed by atoms with Crippen LogP contribution >= 0.6 is 0 Å². The van der Waals surface area contributed by atoms with Crippen molar-refractivity contribution in [2.75, 3.05) is 13.1 Å². The van der Waals surface area contributed by atoms with Crippen LogP contribution in [-0.2, 0) is 11.3 Å². The number of rotatable bonds is 7. The lowest BCUT2D eigenvalue weighted by Crippen LogP contribution is -2.41. The molecule has 1 aliphatic heterocycles. The predicted molar refractivity (Wildman–Crippen MR) is 99.0 cm³/mol. The summed E-state index contributed by atoms with van der Waals surface area (Å²) in [7, 11) is 0. The van der Waals surface area contributed by atoms with E-state index in [1.807, 2.05) is 22.9 Å². The van der Waals surface area contributed by atoms with Gasteiger partial charge < -0.3 is 5.73 Å². The minimum Gasteiger partial charge on any atom is -0.369 e. The average molecular weight is 356 g/mol. The van der Waals surface area contributed by atoms with E-state index in [0.29, 0.717) is 12.5 Å². The van der Waals surface area contributed by atoms with E-state index in [9.17, 15) is 4.79 Å². The van der Waals surface area contributed by atoms with E-state index >= 15 is 0 Å². The van der Waals surface area contributed by atoms with Gasteiger partial charge in [-0.1, -0.05) is 44.2 Å². The molecule has 1 fully saturated rings. The van der Waals surface area contributed by atoms with Crippen LogP contribution in [0.15, 0.2) is 30.3 Å². The Kier molecular flexibility index (Phi) is 5.98. The maximum absolute atomic E-state index is 11.5. The Labute approximate surface area is 154 Å². The van der Waals surface area contributed by atoms with E-state index in [1.165, 1.54) is 5.56 Å². The van der Waals surface area contributed by atoms with Crippen LogP contribution in [-0.4, -0.2) is 44.1 Å². The van der Waals surface area contributed by atoms with Crippen molar-refractivity contribution in [1.82, 2.24) is 25.1 Å². The molecule has 0 aliphatic carbocycles. The topological polar surface area (TPSA) is 89.9 Å². The Balaban J connectivity index is 1.78. The summed E-state index contributed by atoms with van der Waals surface area (Å²) in [5.74, 6) is 1.24. The Hall–Kier alpha value is -2.28. The third-order valence-electron chi connectivity index (χ3n) is 5.10. The number of tetrazole rings is 1. The Morgan fingerprint density at radius 1 is 1.23 bits per heavy atom. The van der Waals surface area contributed by atoms with Crippen LogP contribution in [0.4, 0.5) is 0 Å². The van der Waals surface area contributed by atoms with Crippen molar-refractivity contribution >= 4 is 5.91 Å². The molecule has 1 saturated heterocycles. The van der Waals surface area contributed by atoms with Gasteiger partial charge in [-0.2, -0.15) is 0 Å². The molecule has 0 unspecified atom stereocenters. The fraction of sp³-hybridized carbons (Fsp3) is 0.579. The van der Waals surface area contributed by atoms with E-state index in [0.717, 1.165) is 38.2 Å². The van der Waals surface area contributed by atoms with Crippen molar-refractivity contribution in [3.63, 3.8) is 0 Å². The number of nitrogens with zero attached hydrogens (tertiary/aromatic N) is 5. The highest BCUT2D eigenvalue weighted by Gasteiger charge is 2.31. The molecule has 1 aromatic heterocycles. The molecule has 2 heterocycles. The maximum Gasteiger partial charge on any atom is 0.220 e. The minimum atomic E-state index is -0.182. The van der Waals surface area contributed by atoms with Gasteiger partial charge in [0.05, 0.1) is 12.6 Å². The van der Waals surface area contributed by atoms with Gasteiger partial charge in [0.2, 0.25) is 5.91 Å². The van der Waals surface area contributed by atoms with E-state index in [-0.39, 0.29) is 17.9 Å². The molecule has 7 nitrogen and oxygen atoms in total. The first-order valence-corrected chi connectivity index (χ1v) is 9.38. The van der Waals surface area contributed by atoms with Gasteiger partial charge in [0, 0.05) is 5.92 Å². The fourth-order valence-electron chi connectivity index (χ4n) is 3.68. The third-order valence-corrected chi connectivity index (χ3v) is 5.10. The molecule has 0 saturated carbocycles. The first-order valence-electron chi connectivity index (χ1n) is 9.38. The zero-order valence-electron chi connectivity index (χ0n) is 15.6. The van der Waals surface area contributed by atoms with Gasteiger partial charge >= 0.3 is 0 Å². The zero-order chi connectivity index (χ0) is 18.5. The summed E-state index contributed by atoms with van der Waals surface area (Å²) in [6.07, 6.45) is 2.60. The summed E-state index contributed by atoms with van der Waals surface area (Å²) in [6.45, 7) is 6.80. The van der Waals surface area contributed by atoms with Crippen LogP contribution in [0, 0.1) is 11.8 Å². The second-order valence-electron chi connectivity index (χ2n) is 7.54. The number of hydrogen-bond acceptors (Lipinski definition) is 5. The fourth-order valence-corrected chi connectivity index (χ4v) is 3.68. The second kappa shape index (κ2) is 8.40. The molecule has 0 radical (unpaired) electrons. The quantitative estimate of drug-likeness (QED) is 0.819. The molecule has 2 aromatic rings. The molecule has 1 aromatic carbocycles. The van der Waals surface area contributed by atoms with Crippen molar-refractivity contribution in [2.24, 2.45) is 17.6 Å². The first kappa shape index (κ1) is 18.5. The van der Waals surface area contributed by atoms with Gasteiger partial charge in [0.15, 0.2) is 5.82 Å². The summed E-state index contributed by atoms with van der Waals surface area (Å²) in [4.78, 5) is 13.9. The molecule has 140 valence electrons.